The van der Waals surface area contributed by atoms with Crippen LogP contribution in [0, 0.1) is 0 Å². The van der Waals surface area contributed by atoms with E-state index in [9.17, 15) is 4.39 Å². The number of benzene rings is 2. The second-order valence-corrected chi connectivity index (χ2v) is 5.70. The van der Waals surface area contributed by atoms with Crippen LogP contribution in [0.25, 0.3) is 0 Å². The Balaban J connectivity index is 0.00000208. The predicted molar refractivity (Wildman–Crippen MR) is 98.6 cm³/mol. The van der Waals surface area contributed by atoms with Gasteiger partial charge in [-0.25, -0.2) is 4.39 Å². The van der Waals surface area contributed by atoms with Crippen LogP contribution in [0.2, 0.25) is 0 Å². The van der Waals surface area contributed by atoms with E-state index in [4.69, 9.17) is 10.5 Å². The molecule has 0 radical (unpaired) electrons. The maximum Gasteiger partial charge on any atom is 0.120 e. The number of halogens is 2. The van der Waals surface area contributed by atoms with Crippen molar-refractivity contribution >= 4 is 18.1 Å². The minimum absolute atomic E-state index is 0. The second kappa shape index (κ2) is 8.71. The highest BCUT2D eigenvalue weighted by Gasteiger charge is 2.17. The highest BCUT2D eigenvalue weighted by molar-refractivity contribution is 5.85. The van der Waals surface area contributed by atoms with Gasteiger partial charge in [0, 0.05) is 30.9 Å². The molecule has 0 unspecified atom stereocenters. The lowest BCUT2D eigenvalue weighted by Crippen LogP contribution is -2.30. The normalized spacial score (nSPS) is 13.9. The van der Waals surface area contributed by atoms with Crippen LogP contribution >= 0.6 is 12.4 Å². The average Bonchev–Trinajstić information content (AvgIpc) is 2.63. The molecule has 128 valence electrons. The third kappa shape index (κ3) is 4.28. The van der Waals surface area contributed by atoms with E-state index in [1.165, 1.54) is 16.8 Å². The Morgan fingerprint density at radius 1 is 1.17 bits per heavy atom. The van der Waals surface area contributed by atoms with Crippen LogP contribution in [0.15, 0.2) is 60.4 Å². The number of ether oxygens (including phenoxy) is 1. The molecular weight excluding hydrogens is 327 g/mol. The molecule has 3 rings (SSSR count). The maximum atomic E-state index is 12.5. The van der Waals surface area contributed by atoms with Gasteiger partial charge in [-0.2, -0.15) is 0 Å². The van der Waals surface area contributed by atoms with Gasteiger partial charge in [0.15, 0.2) is 0 Å². The summed E-state index contributed by atoms with van der Waals surface area (Å²) < 4.78 is 18.1. The zero-order valence-electron chi connectivity index (χ0n) is 13.5. The summed E-state index contributed by atoms with van der Waals surface area (Å²) in [6, 6.07) is 16.5. The number of hydrogen-bond donors (Lipinski definition) is 1. The molecule has 24 heavy (non-hydrogen) atoms. The summed E-state index contributed by atoms with van der Waals surface area (Å²) in [5.41, 5.74) is 9.75. The molecule has 2 aromatic carbocycles. The largest absolute Gasteiger partial charge is 0.489 e. The number of para-hydroxylation sites is 1. The van der Waals surface area contributed by atoms with Crippen LogP contribution in [0.4, 0.5) is 10.1 Å². The van der Waals surface area contributed by atoms with Crippen molar-refractivity contribution in [3.8, 4) is 5.75 Å². The second-order valence-electron chi connectivity index (χ2n) is 5.70. The zero-order valence-corrected chi connectivity index (χ0v) is 14.3. The topological polar surface area (TPSA) is 38.5 Å². The molecule has 0 atom stereocenters. The van der Waals surface area contributed by atoms with Crippen molar-refractivity contribution in [2.24, 2.45) is 5.73 Å². The van der Waals surface area contributed by atoms with E-state index in [1.807, 2.05) is 12.1 Å². The smallest absolute Gasteiger partial charge is 0.120 e. The van der Waals surface area contributed by atoms with Gasteiger partial charge in [-0.15, -0.1) is 12.4 Å². The summed E-state index contributed by atoms with van der Waals surface area (Å²) in [5, 5.41) is 0. The SMILES string of the molecule is Cl.NC/C(=C\F)COc1ccc2c(c1)CCN(c1ccccc1)C2. The molecule has 0 saturated heterocycles. The third-order valence-corrected chi connectivity index (χ3v) is 4.15. The van der Waals surface area contributed by atoms with Gasteiger partial charge in [0.05, 0.1) is 6.33 Å². The molecule has 0 fully saturated rings. The van der Waals surface area contributed by atoms with Crippen molar-refractivity contribution in [3.63, 3.8) is 0 Å². The molecule has 2 aromatic rings. The van der Waals surface area contributed by atoms with Gasteiger partial charge in [-0.05, 0) is 41.8 Å². The zero-order chi connectivity index (χ0) is 16.1. The van der Waals surface area contributed by atoms with E-state index in [0.29, 0.717) is 11.9 Å². The van der Waals surface area contributed by atoms with Crippen molar-refractivity contribution < 1.29 is 9.13 Å². The quantitative estimate of drug-likeness (QED) is 0.891. The van der Waals surface area contributed by atoms with E-state index in [0.717, 1.165) is 25.3 Å². The highest BCUT2D eigenvalue weighted by Crippen LogP contribution is 2.27. The Morgan fingerprint density at radius 2 is 1.96 bits per heavy atom. The van der Waals surface area contributed by atoms with Gasteiger partial charge in [0.2, 0.25) is 0 Å². The lowest BCUT2D eigenvalue weighted by Gasteiger charge is -2.31. The van der Waals surface area contributed by atoms with Gasteiger partial charge in [0.25, 0.3) is 0 Å². The fourth-order valence-electron chi connectivity index (χ4n) is 2.79. The number of fused-ring (bicyclic) bond motifs is 1. The maximum absolute atomic E-state index is 12.5. The minimum atomic E-state index is 0. The van der Waals surface area contributed by atoms with E-state index in [-0.39, 0.29) is 25.6 Å². The summed E-state index contributed by atoms with van der Waals surface area (Å²) >= 11 is 0. The molecule has 0 saturated carbocycles. The molecule has 0 bridgehead atoms. The van der Waals surface area contributed by atoms with E-state index in [1.54, 1.807) is 0 Å². The Kier molecular flexibility index (Phi) is 6.64. The molecule has 0 aliphatic carbocycles. The fraction of sp³-hybridized carbons (Fsp3) is 0.263. The van der Waals surface area contributed by atoms with Gasteiger partial charge >= 0.3 is 0 Å². The number of nitrogens with zero attached hydrogens (tertiary/aromatic N) is 1. The van der Waals surface area contributed by atoms with Crippen LogP contribution < -0.4 is 15.4 Å². The van der Waals surface area contributed by atoms with Crippen molar-refractivity contribution in [1.82, 2.24) is 0 Å². The monoisotopic (exact) mass is 348 g/mol. The predicted octanol–water partition coefficient (Wildman–Crippen LogP) is 3.86. The first-order chi connectivity index (χ1) is 11.3. The van der Waals surface area contributed by atoms with Gasteiger partial charge in [-0.3, -0.25) is 0 Å². The lowest BCUT2D eigenvalue weighted by molar-refractivity contribution is 0.347. The fourth-order valence-corrected chi connectivity index (χ4v) is 2.79. The first kappa shape index (κ1) is 18.3. The van der Waals surface area contributed by atoms with E-state index >= 15 is 0 Å². The molecule has 0 spiro atoms. The number of rotatable bonds is 5. The van der Waals surface area contributed by atoms with Crippen molar-refractivity contribution in [2.75, 3.05) is 24.6 Å². The summed E-state index contributed by atoms with van der Waals surface area (Å²) in [7, 11) is 0. The van der Waals surface area contributed by atoms with Crippen LogP contribution in [-0.2, 0) is 13.0 Å². The molecule has 1 aliphatic rings. The van der Waals surface area contributed by atoms with Gasteiger partial charge in [0.1, 0.15) is 12.4 Å². The van der Waals surface area contributed by atoms with Crippen LogP contribution in [-0.4, -0.2) is 19.7 Å². The molecular formula is C19H22ClFN2O. The summed E-state index contributed by atoms with van der Waals surface area (Å²) in [6.45, 7) is 2.26. The Morgan fingerprint density at radius 3 is 2.67 bits per heavy atom. The Labute approximate surface area is 148 Å². The summed E-state index contributed by atoms with van der Waals surface area (Å²) in [4.78, 5) is 2.38. The van der Waals surface area contributed by atoms with Crippen molar-refractivity contribution in [2.45, 2.75) is 13.0 Å². The third-order valence-electron chi connectivity index (χ3n) is 4.15. The summed E-state index contributed by atoms with van der Waals surface area (Å²) in [6.07, 6.45) is 1.50. The molecule has 1 aliphatic heterocycles. The lowest BCUT2D eigenvalue weighted by atomic mass is 9.99. The van der Waals surface area contributed by atoms with Crippen molar-refractivity contribution in [1.29, 1.82) is 0 Å². The summed E-state index contributed by atoms with van der Waals surface area (Å²) in [5.74, 6) is 0.768. The van der Waals surface area contributed by atoms with E-state index < -0.39 is 0 Å². The van der Waals surface area contributed by atoms with Gasteiger partial charge < -0.3 is 15.4 Å². The molecule has 1 heterocycles. The van der Waals surface area contributed by atoms with E-state index in [2.05, 4.69) is 41.3 Å². The molecule has 2 N–H and O–H groups in total. The van der Waals surface area contributed by atoms with Crippen molar-refractivity contribution in [3.05, 3.63) is 71.6 Å². The first-order valence-corrected chi connectivity index (χ1v) is 7.83. The standard InChI is InChI=1S/C19H21FN2O.ClH/c20-11-15(12-21)14-23-19-7-6-17-13-22(9-8-16(17)10-19)18-4-2-1-3-5-18;/h1-7,10-11H,8-9,12-14,21H2;1H/b15-11+;. The molecule has 3 nitrogen and oxygen atoms in total. The minimum Gasteiger partial charge on any atom is -0.489 e. The number of hydrogen-bond acceptors (Lipinski definition) is 3. The van der Waals surface area contributed by atoms with Crippen LogP contribution in [0.1, 0.15) is 11.1 Å². The van der Waals surface area contributed by atoms with Crippen LogP contribution in [0.3, 0.4) is 0 Å². The number of nitrogens with two attached hydrogens (primary N) is 1. The molecule has 0 amide bonds. The highest BCUT2D eigenvalue weighted by atomic mass is 35.5. The molecule has 5 heteroatoms. The Hall–Kier alpha value is -2.04. The average molecular weight is 349 g/mol. The first-order valence-electron chi connectivity index (χ1n) is 7.83. The van der Waals surface area contributed by atoms with Gasteiger partial charge in [-0.1, -0.05) is 24.3 Å². The Bertz CT molecular complexity index is 691. The van der Waals surface area contributed by atoms with Crippen LogP contribution in [0.5, 0.6) is 5.75 Å². The number of anilines is 1. The molecule has 0 aromatic heterocycles.